The van der Waals surface area contributed by atoms with Gasteiger partial charge in [-0.3, -0.25) is 0 Å². The summed E-state index contributed by atoms with van der Waals surface area (Å²) < 4.78 is 44.7. The van der Waals surface area contributed by atoms with E-state index in [0.29, 0.717) is 16.3 Å². The summed E-state index contributed by atoms with van der Waals surface area (Å²) in [6, 6.07) is 16.7. The van der Waals surface area contributed by atoms with E-state index in [2.05, 4.69) is 18.0 Å². The molecule has 4 nitrogen and oxygen atoms in total. The molecule has 1 aromatic heterocycles. The van der Waals surface area contributed by atoms with Gasteiger partial charge in [0.25, 0.3) is 0 Å². The first kappa shape index (κ1) is 24.1. The zero-order valence-electron chi connectivity index (χ0n) is 18.2. The van der Waals surface area contributed by atoms with Crippen LogP contribution in [0.25, 0.3) is 20.8 Å². The summed E-state index contributed by atoms with van der Waals surface area (Å²) in [6.45, 7) is 3.58. The first-order chi connectivity index (χ1) is 16.1. The van der Waals surface area contributed by atoms with Gasteiger partial charge in [0.15, 0.2) is 6.61 Å². The van der Waals surface area contributed by atoms with Crippen LogP contribution in [0.4, 0.5) is 13.2 Å². The minimum atomic E-state index is -4.36. The highest BCUT2D eigenvalue weighted by Crippen LogP contribution is 2.39. The number of halogens is 3. The minimum absolute atomic E-state index is 0.131. The van der Waals surface area contributed by atoms with Crippen LogP contribution in [-0.2, 0) is 11.0 Å². The van der Waals surface area contributed by atoms with Crippen LogP contribution in [0.2, 0.25) is 0 Å². The van der Waals surface area contributed by atoms with Crippen molar-refractivity contribution in [1.82, 2.24) is 4.98 Å². The van der Waals surface area contributed by atoms with Gasteiger partial charge in [0.1, 0.15) is 10.8 Å². The lowest BCUT2D eigenvalue weighted by Gasteiger charge is -2.14. The molecule has 9 heteroatoms. The van der Waals surface area contributed by atoms with Gasteiger partial charge in [-0.1, -0.05) is 18.2 Å². The Bertz CT molecular complexity index is 1330. The zero-order chi connectivity index (χ0) is 24.5. The molecule has 3 aromatic carbocycles. The second-order valence-corrected chi connectivity index (χ2v) is 10.1. The molecule has 0 fully saturated rings. The number of carboxylic acids is 1. The Morgan fingerprint density at radius 1 is 1.12 bits per heavy atom. The summed E-state index contributed by atoms with van der Waals surface area (Å²) >= 11 is 3.11. The molecule has 1 atom stereocenters. The first-order valence-corrected chi connectivity index (χ1v) is 12.0. The Hall–Kier alpha value is -3.04. The third kappa shape index (κ3) is 5.53. The molecule has 1 N–H and O–H groups in total. The zero-order valence-corrected chi connectivity index (χ0v) is 19.9. The number of thioether (sulfide) groups is 1. The Labute approximate surface area is 202 Å². The maximum absolute atomic E-state index is 12.8. The van der Waals surface area contributed by atoms with Gasteiger partial charge in [0.05, 0.1) is 15.8 Å². The number of aryl methyl sites for hydroxylation is 1. The summed E-state index contributed by atoms with van der Waals surface area (Å²) in [7, 11) is 0. The molecule has 0 spiro atoms. The molecule has 1 unspecified atom stereocenters. The Balaban J connectivity index is 1.50. The molecule has 1 heterocycles. The monoisotopic (exact) mass is 503 g/mol. The molecule has 0 amide bonds. The number of carboxylic acid groups (broad SMARTS) is 1. The number of ether oxygens (including phenoxy) is 1. The number of aromatic nitrogens is 1. The fourth-order valence-electron chi connectivity index (χ4n) is 3.39. The van der Waals surface area contributed by atoms with Crippen LogP contribution >= 0.6 is 23.1 Å². The molecule has 0 radical (unpaired) electrons. The molecular formula is C25H20F3NO3S2. The van der Waals surface area contributed by atoms with Gasteiger partial charge in [-0.15, -0.1) is 23.1 Å². The number of hydrogen-bond acceptors (Lipinski definition) is 5. The molecule has 0 saturated heterocycles. The van der Waals surface area contributed by atoms with Gasteiger partial charge >= 0.3 is 12.1 Å². The van der Waals surface area contributed by atoms with Crippen LogP contribution in [0.5, 0.6) is 5.75 Å². The minimum Gasteiger partial charge on any atom is -0.482 e. The Kier molecular flexibility index (Phi) is 6.86. The van der Waals surface area contributed by atoms with E-state index in [-0.39, 0.29) is 11.9 Å². The summed E-state index contributed by atoms with van der Waals surface area (Å²) in [5.74, 6) is -0.479. The third-order valence-corrected chi connectivity index (χ3v) is 7.37. The summed E-state index contributed by atoms with van der Waals surface area (Å²) in [5.41, 5.74) is 2.74. The average molecular weight is 504 g/mol. The van der Waals surface area contributed by atoms with Crippen molar-refractivity contribution in [2.75, 3.05) is 6.61 Å². The summed E-state index contributed by atoms with van der Waals surface area (Å²) in [6.07, 6.45) is -4.36. The number of alkyl halides is 3. The quantitative estimate of drug-likeness (QED) is 0.263. The fraction of sp³-hybridized carbons (Fsp3) is 0.200. The van der Waals surface area contributed by atoms with Crippen molar-refractivity contribution in [3.63, 3.8) is 0 Å². The van der Waals surface area contributed by atoms with Gasteiger partial charge in [0, 0.05) is 15.7 Å². The summed E-state index contributed by atoms with van der Waals surface area (Å²) in [4.78, 5) is 16.3. The number of nitrogens with zero attached hydrogens (tertiary/aromatic N) is 1. The van der Waals surface area contributed by atoms with Crippen molar-refractivity contribution in [1.29, 1.82) is 0 Å². The van der Waals surface area contributed by atoms with Gasteiger partial charge in [-0.25, -0.2) is 9.78 Å². The maximum atomic E-state index is 12.8. The Morgan fingerprint density at radius 3 is 2.50 bits per heavy atom. The molecule has 176 valence electrons. The summed E-state index contributed by atoms with van der Waals surface area (Å²) in [5, 5.41) is 9.58. The predicted octanol–water partition coefficient (Wildman–Crippen LogP) is 7.61. The number of hydrogen-bond donors (Lipinski definition) is 1. The van der Waals surface area contributed by atoms with Crippen molar-refractivity contribution >= 4 is 39.3 Å². The molecule has 0 aliphatic carbocycles. The van der Waals surface area contributed by atoms with Gasteiger partial charge in [-0.05, 0) is 67.4 Å². The molecule has 0 saturated carbocycles. The lowest BCUT2D eigenvalue weighted by molar-refractivity contribution is -0.139. The first-order valence-electron chi connectivity index (χ1n) is 10.3. The second kappa shape index (κ2) is 9.68. The van der Waals surface area contributed by atoms with Crippen molar-refractivity contribution in [3.05, 3.63) is 77.4 Å². The van der Waals surface area contributed by atoms with E-state index in [0.717, 1.165) is 38.4 Å². The molecule has 34 heavy (non-hydrogen) atoms. The van der Waals surface area contributed by atoms with Crippen molar-refractivity contribution < 1.29 is 27.8 Å². The van der Waals surface area contributed by atoms with Gasteiger partial charge in [-0.2, -0.15) is 13.2 Å². The van der Waals surface area contributed by atoms with E-state index in [1.807, 2.05) is 31.2 Å². The number of rotatable bonds is 7. The van der Waals surface area contributed by atoms with Crippen LogP contribution < -0.4 is 4.74 Å². The number of benzene rings is 3. The van der Waals surface area contributed by atoms with Crippen molar-refractivity contribution in [3.8, 4) is 16.3 Å². The average Bonchev–Trinajstić information content (AvgIpc) is 3.21. The van der Waals surface area contributed by atoms with Crippen molar-refractivity contribution in [2.24, 2.45) is 0 Å². The molecule has 0 bridgehead atoms. The van der Waals surface area contributed by atoms with Crippen LogP contribution in [0, 0.1) is 6.92 Å². The molecule has 0 aliphatic rings. The smallest absolute Gasteiger partial charge is 0.416 e. The molecule has 0 aliphatic heterocycles. The molecule has 4 aromatic rings. The van der Waals surface area contributed by atoms with E-state index in [9.17, 15) is 18.0 Å². The lowest BCUT2D eigenvalue weighted by atomic mass is 10.1. The number of aliphatic carboxylic acids is 1. The van der Waals surface area contributed by atoms with E-state index in [1.54, 1.807) is 17.8 Å². The molecular weight excluding hydrogens is 483 g/mol. The SMILES string of the molecule is Cc1cc(SC(C)c2ccc3nc(-c4ccc(C(F)(F)F)cc4)sc3c2)ccc1OCC(=O)O. The lowest BCUT2D eigenvalue weighted by Crippen LogP contribution is -2.10. The normalized spacial score (nSPS) is 12.6. The fourth-order valence-corrected chi connectivity index (χ4v) is 5.49. The van der Waals surface area contributed by atoms with E-state index < -0.39 is 17.7 Å². The highest BCUT2D eigenvalue weighted by Gasteiger charge is 2.30. The van der Waals surface area contributed by atoms with E-state index >= 15 is 0 Å². The second-order valence-electron chi connectivity index (χ2n) is 7.69. The highest BCUT2D eigenvalue weighted by molar-refractivity contribution is 7.99. The number of carbonyl (C=O) groups is 1. The van der Waals surface area contributed by atoms with Gasteiger partial charge < -0.3 is 9.84 Å². The largest absolute Gasteiger partial charge is 0.482 e. The van der Waals surface area contributed by atoms with Crippen LogP contribution in [0.1, 0.15) is 28.9 Å². The highest BCUT2D eigenvalue weighted by atomic mass is 32.2. The third-order valence-electron chi connectivity index (χ3n) is 5.15. The Morgan fingerprint density at radius 2 is 1.85 bits per heavy atom. The van der Waals surface area contributed by atoms with Crippen LogP contribution in [0.3, 0.4) is 0 Å². The van der Waals surface area contributed by atoms with Crippen LogP contribution in [-0.4, -0.2) is 22.7 Å². The van der Waals surface area contributed by atoms with E-state index in [4.69, 9.17) is 9.84 Å². The topological polar surface area (TPSA) is 59.4 Å². The van der Waals surface area contributed by atoms with Gasteiger partial charge in [0.2, 0.25) is 0 Å². The van der Waals surface area contributed by atoms with Crippen LogP contribution in [0.15, 0.2) is 65.6 Å². The number of fused-ring (bicyclic) bond motifs is 1. The predicted molar refractivity (Wildman–Crippen MR) is 129 cm³/mol. The number of thiazole rings is 1. The van der Waals surface area contributed by atoms with E-state index in [1.165, 1.54) is 23.5 Å². The standard InChI is InChI=1S/C25H20F3NO3S2/c1-14-11-19(8-10-21(14)32-13-23(30)31)33-15(2)17-5-9-20-22(12-17)34-24(29-20)16-3-6-18(7-4-16)25(26,27)28/h3-12,15H,13H2,1-2H3,(H,30,31). The molecule has 4 rings (SSSR count). The maximum Gasteiger partial charge on any atom is 0.416 e. The van der Waals surface area contributed by atoms with Crippen molar-refractivity contribution in [2.45, 2.75) is 30.2 Å².